The van der Waals surface area contributed by atoms with Gasteiger partial charge in [0.1, 0.15) is 0 Å². The standard InChI is InChI=1S/C11H20N2O/c1-5-9(2)10-6-12-13(7-10)8-11(3,4)14/h6-7,9,14H,5,8H2,1-4H3. The molecule has 0 spiro atoms. The molecule has 1 N–H and O–H groups in total. The van der Waals surface area contributed by atoms with Crippen LogP contribution in [-0.4, -0.2) is 20.5 Å². The van der Waals surface area contributed by atoms with E-state index in [-0.39, 0.29) is 0 Å². The SMILES string of the molecule is CCC(C)c1cnn(CC(C)(C)O)c1. The quantitative estimate of drug-likeness (QED) is 0.801. The fourth-order valence-electron chi connectivity index (χ4n) is 1.35. The maximum absolute atomic E-state index is 9.62. The zero-order chi connectivity index (χ0) is 10.8. The highest BCUT2D eigenvalue weighted by atomic mass is 16.3. The first kappa shape index (κ1) is 11.2. The molecule has 3 heteroatoms. The van der Waals surface area contributed by atoms with Gasteiger partial charge < -0.3 is 5.11 Å². The lowest BCUT2D eigenvalue weighted by atomic mass is 10.0. The molecule has 1 unspecified atom stereocenters. The lowest BCUT2D eigenvalue weighted by Gasteiger charge is -2.16. The van der Waals surface area contributed by atoms with Gasteiger partial charge >= 0.3 is 0 Å². The molecule has 0 saturated carbocycles. The molecule has 3 nitrogen and oxygen atoms in total. The molecule has 1 rings (SSSR count). The second-order valence-corrected chi connectivity index (χ2v) is 4.59. The first-order valence-corrected chi connectivity index (χ1v) is 5.17. The summed E-state index contributed by atoms with van der Waals surface area (Å²) in [7, 11) is 0. The van der Waals surface area contributed by atoms with Crippen molar-refractivity contribution in [2.45, 2.75) is 52.2 Å². The summed E-state index contributed by atoms with van der Waals surface area (Å²) in [6.07, 6.45) is 5.03. The highest BCUT2D eigenvalue weighted by Gasteiger charge is 2.14. The fraction of sp³-hybridized carbons (Fsp3) is 0.727. The number of hydrogen-bond donors (Lipinski definition) is 1. The summed E-state index contributed by atoms with van der Waals surface area (Å²) < 4.78 is 1.81. The predicted molar refractivity (Wildman–Crippen MR) is 57.2 cm³/mol. The Kier molecular flexibility index (Phi) is 3.32. The summed E-state index contributed by atoms with van der Waals surface area (Å²) in [5.74, 6) is 0.547. The van der Waals surface area contributed by atoms with Gasteiger partial charge in [0.05, 0.1) is 18.3 Å². The Labute approximate surface area is 85.8 Å². The number of aliphatic hydroxyl groups is 1. The Balaban J connectivity index is 2.69. The third-order valence-corrected chi connectivity index (χ3v) is 2.38. The zero-order valence-corrected chi connectivity index (χ0v) is 9.49. The summed E-state index contributed by atoms with van der Waals surface area (Å²) in [6, 6.07) is 0. The van der Waals surface area contributed by atoms with Crippen LogP contribution >= 0.6 is 0 Å². The van der Waals surface area contributed by atoms with Crippen molar-refractivity contribution >= 4 is 0 Å². The Morgan fingerprint density at radius 2 is 2.21 bits per heavy atom. The summed E-state index contributed by atoms with van der Waals surface area (Å²) >= 11 is 0. The van der Waals surface area contributed by atoms with E-state index in [4.69, 9.17) is 0 Å². The van der Waals surface area contributed by atoms with Gasteiger partial charge in [0.25, 0.3) is 0 Å². The van der Waals surface area contributed by atoms with E-state index in [0.717, 1.165) is 6.42 Å². The molecule has 14 heavy (non-hydrogen) atoms. The molecule has 0 bridgehead atoms. The maximum atomic E-state index is 9.62. The third kappa shape index (κ3) is 3.14. The molecule has 0 fully saturated rings. The molecule has 1 aromatic heterocycles. The average molecular weight is 196 g/mol. The van der Waals surface area contributed by atoms with E-state index in [0.29, 0.717) is 12.5 Å². The van der Waals surface area contributed by atoms with E-state index in [1.165, 1.54) is 5.56 Å². The van der Waals surface area contributed by atoms with Crippen LogP contribution in [0.3, 0.4) is 0 Å². The third-order valence-electron chi connectivity index (χ3n) is 2.38. The second kappa shape index (κ2) is 4.13. The summed E-state index contributed by atoms with van der Waals surface area (Å²) in [4.78, 5) is 0. The molecule has 0 saturated heterocycles. The fourth-order valence-corrected chi connectivity index (χ4v) is 1.35. The molecule has 0 aliphatic carbocycles. The zero-order valence-electron chi connectivity index (χ0n) is 9.49. The Bertz CT molecular complexity index is 286. The monoisotopic (exact) mass is 196 g/mol. The van der Waals surface area contributed by atoms with E-state index in [1.807, 2.05) is 17.1 Å². The van der Waals surface area contributed by atoms with Crippen LogP contribution in [0.5, 0.6) is 0 Å². The number of hydrogen-bond acceptors (Lipinski definition) is 2. The van der Waals surface area contributed by atoms with Crippen LogP contribution < -0.4 is 0 Å². The molecule has 80 valence electrons. The smallest absolute Gasteiger partial charge is 0.0786 e. The highest BCUT2D eigenvalue weighted by molar-refractivity contribution is 5.09. The van der Waals surface area contributed by atoms with Gasteiger partial charge in [-0.1, -0.05) is 13.8 Å². The summed E-state index contributed by atoms with van der Waals surface area (Å²) in [5, 5.41) is 13.8. The van der Waals surface area contributed by atoms with Crippen molar-refractivity contribution in [3.8, 4) is 0 Å². The molecule has 1 aromatic rings. The first-order chi connectivity index (χ1) is 6.42. The molecule has 0 amide bonds. The van der Waals surface area contributed by atoms with Crippen LogP contribution in [0.15, 0.2) is 12.4 Å². The van der Waals surface area contributed by atoms with E-state index in [9.17, 15) is 5.11 Å². The molecule has 1 atom stereocenters. The molecular weight excluding hydrogens is 176 g/mol. The number of rotatable bonds is 4. The van der Waals surface area contributed by atoms with Crippen LogP contribution in [0.25, 0.3) is 0 Å². The Morgan fingerprint density at radius 3 is 2.71 bits per heavy atom. The van der Waals surface area contributed by atoms with Crippen molar-refractivity contribution in [1.29, 1.82) is 0 Å². The van der Waals surface area contributed by atoms with Gasteiger partial charge in [-0.2, -0.15) is 5.10 Å². The molecule has 1 heterocycles. The van der Waals surface area contributed by atoms with Gasteiger partial charge in [-0.25, -0.2) is 0 Å². The highest BCUT2D eigenvalue weighted by Crippen LogP contribution is 2.18. The topological polar surface area (TPSA) is 38.0 Å². The van der Waals surface area contributed by atoms with E-state index in [1.54, 1.807) is 13.8 Å². The number of nitrogens with zero attached hydrogens (tertiary/aromatic N) is 2. The van der Waals surface area contributed by atoms with Gasteiger partial charge in [0, 0.05) is 6.20 Å². The van der Waals surface area contributed by atoms with Crippen LogP contribution in [0, 0.1) is 0 Å². The lowest BCUT2D eigenvalue weighted by molar-refractivity contribution is 0.0577. The minimum atomic E-state index is -0.696. The Hall–Kier alpha value is -0.830. The molecule has 0 radical (unpaired) electrons. The van der Waals surface area contributed by atoms with Crippen LogP contribution in [0.2, 0.25) is 0 Å². The molecule has 0 aliphatic heterocycles. The minimum Gasteiger partial charge on any atom is -0.389 e. The average Bonchev–Trinajstić information content (AvgIpc) is 2.48. The normalized spacial score (nSPS) is 14.4. The van der Waals surface area contributed by atoms with Crippen LogP contribution in [-0.2, 0) is 6.54 Å². The predicted octanol–water partition coefficient (Wildman–Crippen LogP) is 2.17. The summed E-state index contributed by atoms with van der Waals surface area (Å²) in [5.41, 5.74) is 0.551. The van der Waals surface area contributed by atoms with Crippen molar-refractivity contribution in [2.24, 2.45) is 0 Å². The van der Waals surface area contributed by atoms with Gasteiger partial charge in [0.15, 0.2) is 0 Å². The molecule has 0 aliphatic rings. The van der Waals surface area contributed by atoms with Crippen molar-refractivity contribution in [2.75, 3.05) is 0 Å². The Morgan fingerprint density at radius 1 is 1.57 bits per heavy atom. The largest absolute Gasteiger partial charge is 0.389 e. The van der Waals surface area contributed by atoms with Gasteiger partial charge in [0.2, 0.25) is 0 Å². The van der Waals surface area contributed by atoms with Crippen LogP contribution in [0.4, 0.5) is 0 Å². The lowest BCUT2D eigenvalue weighted by Crippen LogP contribution is -2.26. The molecule has 0 aromatic carbocycles. The van der Waals surface area contributed by atoms with E-state index in [2.05, 4.69) is 18.9 Å². The second-order valence-electron chi connectivity index (χ2n) is 4.59. The minimum absolute atomic E-state index is 0.545. The van der Waals surface area contributed by atoms with Crippen molar-refractivity contribution in [1.82, 2.24) is 9.78 Å². The molecular formula is C11H20N2O. The first-order valence-electron chi connectivity index (χ1n) is 5.17. The van der Waals surface area contributed by atoms with E-state index < -0.39 is 5.60 Å². The summed E-state index contributed by atoms with van der Waals surface area (Å²) in [6.45, 7) is 8.47. The van der Waals surface area contributed by atoms with Gasteiger partial charge in [-0.15, -0.1) is 0 Å². The maximum Gasteiger partial charge on any atom is 0.0786 e. The van der Waals surface area contributed by atoms with Gasteiger partial charge in [-0.3, -0.25) is 4.68 Å². The van der Waals surface area contributed by atoms with E-state index >= 15 is 0 Å². The van der Waals surface area contributed by atoms with Crippen molar-refractivity contribution < 1.29 is 5.11 Å². The van der Waals surface area contributed by atoms with Crippen LogP contribution in [0.1, 0.15) is 45.6 Å². The number of aromatic nitrogens is 2. The van der Waals surface area contributed by atoms with Crippen molar-refractivity contribution in [3.63, 3.8) is 0 Å². The van der Waals surface area contributed by atoms with Crippen molar-refractivity contribution in [3.05, 3.63) is 18.0 Å². The van der Waals surface area contributed by atoms with Gasteiger partial charge in [-0.05, 0) is 31.7 Å².